The molecule has 0 radical (unpaired) electrons. The van der Waals surface area contributed by atoms with E-state index in [1.54, 1.807) is 11.1 Å². The molecule has 1 aromatic heterocycles. The number of amides is 1. The Morgan fingerprint density at radius 1 is 1.18 bits per heavy atom. The van der Waals surface area contributed by atoms with E-state index < -0.39 is 6.04 Å². The molecule has 1 saturated carbocycles. The Kier molecular flexibility index (Phi) is 4.12. The number of ketones is 1. The molecule has 2 aromatic rings. The third-order valence-electron chi connectivity index (χ3n) is 6.13. The summed E-state index contributed by atoms with van der Waals surface area (Å²) in [5.41, 5.74) is 2.56. The second kappa shape index (κ2) is 6.55. The van der Waals surface area contributed by atoms with Crippen LogP contribution in [0.15, 0.2) is 47.2 Å². The van der Waals surface area contributed by atoms with Gasteiger partial charge in [-0.2, -0.15) is 0 Å². The zero-order valence-corrected chi connectivity index (χ0v) is 16.7. The Bertz CT molecular complexity index is 964. The van der Waals surface area contributed by atoms with E-state index in [-0.39, 0.29) is 29.5 Å². The van der Waals surface area contributed by atoms with Crippen LogP contribution in [0, 0.1) is 18.8 Å². The Labute approximate surface area is 168 Å². The first-order valence-electron chi connectivity index (χ1n) is 9.79. The third-order valence-corrected chi connectivity index (χ3v) is 6.90. The molecule has 1 aromatic carbocycles. The smallest absolute Gasteiger partial charge is 0.296 e. The van der Waals surface area contributed by atoms with Gasteiger partial charge in [-0.3, -0.25) is 14.5 Å². The molecule has 5 rings (SSSR count). The number of anilines is 1. The lowest BCUT2D eigenvalue weighted by molar-refractivity contribution is -0.132. The summed E-state index contributed by atoms with van der Waals surface area (Å²) in [5.74, 6) is 0.416. The number of Topliss-reactive ketones (excluding diaryl/α,β-unsaturated/α-hetero) is 1. The number of rotatable bonds is 2. The molecule has 0 saturated heterocycles. The first-order valence-corrected chi connectivity index (χ1v) is 10.7. The van der Waals surface area contributed by atoms with Gasteiger partial charge in [-0.15, -0.1) is 11.3 Å². The number of hydrogen-bond acceptors (Lipinski definition) is 5. The number of nitrogens with zero attached hydrogens (tertiary/aromatic N) is 2. The summed E-state index contributed by atoms with van der Waals surface area (Å²) in [6, 6.07) is 7.54. The van der Waals surface area contributed by atoms with E-state index in [1.807, 2.05) is 36.6 Å². The number of fused-ring (bicyclic) bond motifs is 1. The normalized spacial score (nSPS) is 29.6. The maximum Gasteiger partial charge on any atom is 0.296 e. The Morgan fingerprint density at radius 2 is 1.96 bits per heavy atom. The number of hydrogen-bond donors (Lipinski definition) is 0. The number of aryl methyl sites for hydroxylation is 1. The van der Waals surface area contributed by atoms with Crippen molar-refractivity contribution in [2.45, 2.75) is 45.3 Å². The van der Waals surface area contributed by atoms with Gasteiger partial charge in [0.2, 0.25) is 0 Å². The van der Waals surface area contributed by atoms with Gasteiger partial charge in [0.25, 0.3) is 5.91 Å². The lowest BCUT2D eigenvalue weighted by Gasteiger charge is -2.37. The first kappa shape index (κ1) is 17.6. The number of benzene rings is 1. The van der Waals surface area contributed by atoms with Gasteiger partial charge in [0, 0.05) is 11.6 Å². The molecule has 2 aliphatic heterocycles. The summed E-state index contributed by atoms with van der Waals surface area (Å²) in [6.45, 7) is 4.21. The van der Waals surface area contributed by atoms with Crippen LogP contribution in [0.25, 0.3) is 0 Å². The van der Waals surface area contributed by atoms with Gasteiger partial charge in [-0.05, 0) is 37.7 Å². The van der Waals surface area contributed by atoms with E-state index >= 15 is 0 Å². The standard InChI is InChI=1S/C22H22N2O3S/c1-12-3-6-14(7-4-12)18-17-19(25)15-11-13(2)5-8-16(15)27-20(17)21(26)24(18)22-23-9-10-28-22/h3-4,6-7,9-10,13,15-16,18H,5,8,11H2,1-2H3. The van der Waals surface area contributed by atoms with E-state index in [2.05, 4.69) is 11.9 Å². The van der Waals surface area contributed by atoms with Gasteiger partial charge in [0.1, 0.15) is 6.10 Å². The topological polar surface area (TPSA) is 59.5 Å². The molecule has 6 heteroatoms. The fourth-order valence-corrected chi connectivity index (χ4v) is 5.34. The average molecular weight is 394 g/mol. The fourth-order valence-electron chi connectivity index (χ4n) is 4.67. The van der Waals surface area contributed by atoms with E-state index in [0.29, 0.717) is 16.6 Å². The predicted molar refractivity (Wildman–Crippen MR) is 107 cm³/mol. The summed E-state index contributed by atoms with van der Waals surface area (Å²) in [5, 5.41) is 2.44. The van der Waals surface area contributed by atoms with Crippen molar-refractivity contribution in [2.75, 3.05) is 4.90 Å². The van der Waals surface area contributed by atoms with Gasteiger partial charge >= 0.3 is 0 Å². The first-order chi connectivity index (χ1) is 13.5. The van der Waals surface area contributed by atoms with E-state index in [0.717, 1.165) is 30.4 Å². The van der Waals surface area contributed by atoms with Crippen LogP contribution in [0.5, 0.6) is 0 Å². The van der Waals surface area contributed by atoms with Crippen LogP contribution in [0.4, 0.5) is 5.13 Å². The van der Waals surface area contributed by atoms with Crippen molar-refractivity contribution in [1.29, 1.82) is 0 Å². The number of aromatic nitrogens is 1. The largest absolute Gasteiger partial charge is 0.483 e. The quantitative estimate of drug-likeness (QED) is 0.766. The molecule has 4 atom stereocenters. The number of carbonyl (C=O) groups is 2. The van der Waals surface area contributed by atoms with Crippen molar-refractivity contribution >= 4 is 28.2 Å². The van der Waals surface area contributed by atoms with E-state index in [1.165, 1.54) is 11.3 Å². The van der Waals surface area contributed by atoms with Crippen LogP contribution < -0.4 is 4.90 Å². The zero-order chi connectivity index (χ0) is 19.4. The van der Waals surface area contributed by atoms with Crippen LogP contribution in [-0.4, -0.2) is 22.8 Å². The highest BCUT2D eigenvalue weighted by molar-refractivity contribution is 7.13. The lowest BCUT2D eigenvalue weighted by Crippen LogP contribution is -2.41. The van der Waals surface area contributed by atoms with Crippen LogP contribution in [0.2, 0.25) is 0 Å². The van der Waals surface area contributed by atoms with Gasteiger partial charge < -0.3 is 4.74 Å². The van der Waals surface area contributed by atoms with Gasteiger partial charge in [-0.25, -0.2) is 4.98 Å². The highest BCUT2D eigenvalue weighted by Crippen LogP contribution is 2.49. The molecule has 0 N–H and O–H groups in total. The van der Waals surface area contributed by atoms with Gasteiger partial charge in [0.15, 0.2) is 16.7 Å². The molecule has 1 fully saturated rings. The number of ether oxygens (including phenoxy) is 1. The van der Waals surface area contributed by atoms with Crippen LogP contribution >= 0.6 is 11.3 Å². The van der Waals surface area contributed by atoms with Gasteiger partial charge in [-0.1, -0.05) is 36.8 Å². The maximum atomic E-state index is 13.6. The van der Waals surface area contributed by atoms with Crippen LogP contribution in [0.1, 0.15) is 43.4 Å². The molecule has 144 valence electrons. The number of carbonyl (C=O) groups excluding carboxylic acids is 2. The SMILES string of the molecule is Cc1ccc(C2C3=C(OC4CCC(C)CC4C3=O)C(=O)N2c2nccs2)cc1. The minimum atomic E-state index is -0.472. The lowest BCUT2D eigenvalue weighted by atomic mass is 9.74. The molecule has 3 heterocycles. The predicted octanol–water partition coefficient (Wildman–Crippen LogP) is 4.20. The molecule has 28 heavy (non-hydrogen) atoms. The van der Waals surface area contributed by atoms with Crippen molar-refractivity contribution in [1.82, 2.24) is 4.98 Å². The molecule has 1 aliphatic carbocycles. The summed E-state index contributed by atoms with van der Waals surface area (Å²) in [7, 11) is 0. The molecule has 4 unspecified atom stereocenters. The zero-order valence-electron chi connectivity index (χ0n) is 15.9. The second-order valence-electron chi connectivity index (χ2n) is 8.09. The third kappa shape index (κ3) is 2.62. The minimum Gasteiger partial charge on any atom is -0.483 e. The van der Waals surface area contributed by atoms with Crippen molar-refractivity contribution in [3.63, 3.8) is 0 Å². The molecule has 0 bridgehead atoms. The highest BCUT2D eigenvalue weighted by Gasteiger charge is 2.53. The Balaban J connectivity index is 1.64. The maximum absolute atomic E-state index is 13.6. The second-order valence-corrected chi connectivity index (χ2v) is 8.96. The minimum absolute atomic E-state index is 0.0794. The Hall–Kier alpha value is -2.47. The van der Waals surface area contributed by atoms with Crippen LogP contribution in [0.3, 0.4) is 0 Å². The van der Waals surface area contributed by atoms with Gasteiger partial charge in [0.05, 0.1) is 17.5 Å². The summed E-state index contributed by atoms with van der Waals surface area (Å²) < 4.78 is 6.19. The number of thiazole rings is 1. The summed E-state index contributed by atoms with van der Waals surface area (Å²) in [4.78, 5) is 32.9. The highest BCUT2D eigenvalue weighted by atomic mass is 32.1. The monoisotopic (exact) mass is 394 g/mol. The van der Waals surface area contributed by atoms with Crippen molar-refractivity contribution in [3.8, 4) is 0 Å². The fraction of sp³-hybridized carbons (Fsp3) is 0.409. The van der Waals surface area contributed by atoms with Crippen molar-refractivity contribution in [3.05, 3.63) is 58.3 Å². The average Bonchev–Trinajstić information content (AvgIpc) is 3.30. The molecule has 5 nitrogen and oxygen atoms in total. The summed E-state index contributed by atoms with van der Waals surface area (Å²) in [6.07, 6.45) is 4.19. The summed E-state index contributed by atoms with van der Waals surface area (Å²) >= 11 is 1.40. The van der Waals surface area contributed by atoms with Crippen LogP contribution in [-0.2, 0) is 14.3 Å². The molecule has 0 spiro atoms. The van der Waals surface area contributed by atoms with E-state index in [4.69, 9.17) is 4.74 Å². The molecule has 3 aliphatic rings. The molecular weight excluding hydrogens is 372 g/mol. The van der Waals surface area contributed by atoms with E-state index in [9.17, 15) is 9.59 Å². The van der Waals surface area contributed by atoms with Crippen molar-refractivity contribution < 1.29 is 14.3 Å². The van der Waals surface area contributed by atoms with Crippen molar-refractivity contribution in [2.24, 2.45) is 11.8 Å². The Morgan fingerprint density at radius 3 is 2.68 bits per heavy atom. The molecular formula is C22H22N2O3S. The molecule has 1 amide bonds.